The molecule has 29 heavy (non-hydrogen) atoms. The molecule has 0 aliphatic carbocycles. The molecule has 2 atom stereocenters. The van der Waals surface area contributed by atoms with Crippen LogP contribution >= 0.6 is 11.6 Å². The summed E-state index contributed by atoms with van der Waals surface area (Å²) < 4.78 is 0. The second kappa shape index (κ2) is 8.14. The summed E-state index contributed by atoms with van der Waals surface area (Å²) in [5, 5.41) is 11.0. The minimum atomic E-state index is -0.640. The predicted octanol–water partition coefficient (Wildman–Crippen LogP) is 2.53. The molecule has 1 saturated heterocycles. The number of nitrogens with two attached hydrogens (primary N) is 1. The summed E-state index contributed by atoms with van der Waals surface area (Å²) in [6.07, 6.45) is 2.90. The highest BCUT2D eigenvalue weighted by atomic mass is 35.5. The fourth-order valence-corrected chi connectivity index (χ4v) is 3.62. The fourth-order valence-electron chi connectivity index (χ4n) is 3.49. The number of aromatic nitrogens is 3. The molecule has 1 fully saturated rings. The number of nitrogens with zero attached hydrogens (tertiary/aromatic N) is 4. The Bertz CT molecular complexity index is 1010. The number of primary amides is 1. The third-order valence-corrected chi connectivity index (χ3v) is 5.22. The number of anilines is 1. The van der Waals surface area contributed by atoms with Crippen molar-refractivity contribution in [2.75, 3.05) is 18.0 Å². The molecule has 0 radical (unpaired) electrons. The second-order valence-electron chi connectivity index (χ2n) is 7.09. The molecule has 3 aromatic rings. The van der Waals surface area contributed by atoms with E-state index in [1.807, 2.05) is 47.4 Å². The fraction of sp³-hybridized carbons (Fsp3) is 0.238. The number of β-amino-alcohol motifs (C(OH)–C–C–N with tert-alkyl or cyclic N) is 1. The van der Waals surface area contributed by atoms with Gasteiger partial charge in [0.2, 0.25) is 5.91 Å². The van der Waals surface area contributed by atoms with E-state index in [4.69, 9.17) is 27.3 Å². The molecule has 1 aliphatic heterocycles. The van der Waals surface area contributed by atoms with Crippen LogP contribution in [0.1, 0.15) is 6.42 Å². The number of pyridine rings is 1. The van der Waals surface area contributed by atoms with Crippen molar-refractivity contribution in [1.82, 2.24) is 15.0 Å². The van der Waals surface area contributed by atoms with Gasteiger partial charge in [-0.25, -0.2) is 9.97 Å². The van der Waals surface area contributed by atoms with Gasteiger partial charge in [-0.3, -0.25) is 9.78 Å². The van der Waals surface area contributed by atoms with Crippen molar-refractivity contribution in [2.24, 2.45) is 11.7 Å². The van der Waals surface area contributed by atoms with Crippen molar-refractivity contribution >= 4 is 23.3 Å². The molecule has 7 nitrogen and oxygen atoms in total. The van der Waals surface area contributed by atoms with Crippen LogP contribution in [0.25, 0.3) is 22.6 Å². The van der Waals surface area contributed by atoms with Crippen LogP contribution in [0.3, 0.4) is 0 Å². The molecule has 0 unspecified atom stereocenters. The van der Waals surface area contributed by atoms with Crippen LogP contribution in [0.5, 0.6) is 0 Å². The highest BCUT2D eigenvalue weighted by molar-refractivity contribution is 6.30. The standard InChI is InChI=1S/C21H20ClN5O2/c22-16-5-3-13(4-6-16)17-9-20(26-21(25-17)14-2-1-7-24-10-14)27-11-15(8-19(23)29)18(28)12-27/h1-7,9-10,15,18,28H,8,11-12H2,(H2,23,29)/t15-,18+/m1/s1. The zero-order valence-corrected chi connectivity index (χ0v) is 16.3. The van der Waals surface area contributed by atoms with E-state index in [0.29, 0.717) is 29.8 Å². The number of rotatable bonds is 5. The van der Waals surface area contributed by atoms with Crippen LogP contribution in [0, 0.1) is 5.92 Å². The molecule has 4 rings (SSSR count). The number of hydrogen-bond acceptors (Lipinski definition) is 6. The average molecular weight is 410 g/mol. The van der Waals surface area contributed by atoms with Gasteiger partial charge in [0, 0.05) is 60.0 Å². The average Bonchev–Trinajstić information content (AvgIpc) is 3.08. The molecule has 0 spiro atoms. The monoisotopic (exact) mass is 409 g/mol. The summed E-state index contributed by atoms with van der Waals surface area (Å²) in [6.45, 7) is 0.870. The lowest BCUT2D eigenvalue weighted by molar-refractivity contribution is -0.119. The van der Waals surface area contributed by atoms with Gasteiger partial charge in [-0.15, -0.1) is 0 Å². The molecule has 0 saturated carbocycles. The molecule has 1 aliphatic rings. The quantitative estimate of drug-likeness (QED) is 0.670. The molecule has 8 heteroatoms. The summed E-state index contributed by atoms with van der Waals surface area (Å²) >= 11 is 6.02. The summed E-state index contributed by atoms with van der Waals surface area (Å²) in [7, 11) is 0. The Morgan fingerprint density at radius 2 is 1.97 bits per heavy atom. The van der Waals surface area contributed by atoms with E-state index in [-0.39, 0.29) is 12.3 Å². The van der Waals surface area contributed by atoms with E-state index < -0.39 is 12.0 Å². The molecule has 3 N–H and O–H groups in total. The predicted molar refractivity (Wildman–Crippen MR) is 111 cm³/mol. The lowest BCUT2D eigenvalue weighted by atomic mass is 10.0. The number of halogens is 1. The summed E-state index contributed by atoms with van der Waals surface area (Å²) in [6, 6.07) is 13.0. The highest BCUT2D eigenvalue weighted by Gasteiger charge is 2.33. The first kappa shape index (κ1) is 19.3. The summed E-state index contributed by atoms with van der Waals surface area (Å²) in [4.78, 5) is 26.8. The first-order valence-corrected chi connectivity index (χ1v) is 9.64. The third kappa shape index (κ3) is 4.36. The lowest BCUT2D eigenvalue weighted by Crippen LogP contribution is -2.24. The van der Waals surface area contributed by atoms with E-state index in [1.165, 1.54) is 0 Å². The van der Waals surface area contributed by atoms with Crippen LogP contribution in [-0.2, 0) is 4.79 Å². The van der Waals surface area contributed by atoms with Crippen LogP contribution in [-0.4, -0.2) is 45.2 Å². The van der Waals surface area contributed by atoms with Gasteiger partial charge in [-0.1, -0.05) is 23.7 Å². The second-order valence-corrected chi connectivity index (χ2v) is 7.52. The Kier molecular flexibility index (Phi) is 5.42. The number of carbonyl (C=O) groups excluding carboxylic acids is 1. The Hall–Kier alpha value is -3.03. The van der Waals surface area contributed by atoms with Crippen molar-refractivity contribution in [3.8, 4) is 22.6 Å². The van der Waals surface area contributed by atoms with Gasteiger partial charge < -0.3 is 15.7 Å². The summed E-state index contributed by atoms with van der Waals surface area (Å²) in [5.41, 5.74) is 7.74. The molecule has 0 bridgehead atoms. The maximum atomic E-state index is 11.3. The van der Waals surface area contributed by atoms with Gasteiger partial charge in [-0.2, -0.15) is 0 Å². The third-order valence-electron chi connectivity index (χ3n) is 4.97. The van der Waals surface area contributed by atoms with Crippen molar-refractivity contribution in [3.05, 3.63) is 59.9 Å². The van der Waals surface area contributed by atoms with Crippen molar-refractivity contribution in [1.29, 1.82) is 0 Å². The van der Waals surface area contributed by atoms with E-state index in [0.717, 1.165) is 16.8 Å². The number of benzene rings is 1. The van der Waals surface area contributed by atoms with Crippen LogP contribution < -0.4 is 10.6 Å². The van der Waals surface area contributed by atoms with Crippen LogP contribution in [0.4, 0.5) is 5.82 Å². The molecule has 3 heterocycles. The Morgan fingerprint density at radius 3 is 2.66 bits per heavy atom. The van der Waals surface area contributed by atoms with E-state index in [1.54, 1.807) is 12.4 Å². The molecule has 2 aromatic heterocycles. The minimum absolute atomic E-state index is 0.141. The Balaban J connectivity index is 1.74. The lowest BCUT2D eigenvalue weighted by Gasteiger charge is -2.19. The Labute approximate surface area is 173 Å². The molecule has 1 amide bonds. The first-order valence-electron chi connectivity index (χ1n) is 9.26. The zero-order chi connectivity index (χ0) is 20.4. The normalized spacial score (nSPS) is 18.8. The smallest absolute Gasteiger partial charge is 0.217 e. The minimum Gasteiger partial charge on any atom is -0.391 e. The van der Waals surface area contributed by atoms with E-state index in [2.05, 4.69) is 4.98 Å². The van der Waals surface area contributed by atoms with Gasteiger partial charge in [0.1, 0.15) is 5.82 Å². The Morgan fingerprint density at radius 1 is 1.17 bits per heavy atom. The zero-order valence-electron chi connectivity index (χ0n) is 15.6. The van der Waals surface area contributed by atoms with Crippen molar-refractivity contribution in [3.63, 3.8) is 0 Å². The van der Waals surface area contributed by atoms with Crippen LogP contribution in [0.15, 0.2) is 54.9 Å². The SMILES string of the molecule is NC(=O)C[C@@H]1CN(c2cc(-c3ccc(Cl)cc3)nc(-c3cccnc3)n2)C[C@@H]1O. The van der Waals surface area contributed by atoms with E-state index >= 15 is 0 Å². The van der Waals surface area contributed by atoms with Gasteiger partial charge in [0.25, 0.3) is 0 Å². The first-order chi connectivity index (χ1) is 14.0. The van der Waals surface area contributed by atoms with Crippen LogP contribution in [0.2, 0.25) is 5.02 Å². The highest BCUT2D eigenvalue weighted by Crippen LogP contribution is 2.30. The van der Waals surface area contributed by atoms with Crippen molar-refractivity contribution < 1.29 is 9.90 Å². The molecule has 1 aromatic carbocycles. The topological polar surface area (TPSA) is 105 Å². The number of amides is 1. The maximum absolute atomic E-state index is 11.3. The van der Waals surface area contributed by atoms with Gasteiger partial charge in [0.05, 0.1) is 11.8 Å². The summed E-state index contributed by atoms with van der Waals surface area (Å²) in [5.74, 6) is 0.572. The maximum Gasteiger partial charge on any atom is 0.217 e. The van der Waals surface area contributed by atoms with Gasteiger partial charge in [0.15, 0.2) is 5.82 Å². The van der Waals surface area contributed by atoms with Gasteiger partial charge in [-0.05, 0) is 24.3 Å². The largest absolute Gasteiger partial charge is 0.391 e. The molecular formula is C21H20ClN5O2. The number of aliphatic hydroxyl groups excluding tert-OH is 1. The number of hydrogen-bond donors (Lipinski definition) is 2. The molecule has 148 valence electrons. The number of aliphatic hydroxyl groups is 1. The van der Waals surface area contributed by atoms with E-state index in [9.17, 15) is 9.90 Å². The molecular weight excluding hydrogens is 390 g/mol. The van der Waals surface area contributed by atoms with Crippen molar-refractivity contribution in [2.45, 2.75) is 12.5 Å². The number of carbonyl (C=O) groups is 1. The van der Waals surface area contributed by atoms with Gasteiger partial charge >= 0.3 is 0 Å².